The van der Waals surface area contributed by atoms with Gasteiger partial charge in [-0.2, -0.15) is 0 Å². The molecule has 0 N–H and O–H groups in total. The van der Waals surface area contributed by atoms with Crippen LogP contribution in [0.25, 0.3) is 0 Å². The zero-order chi connectivity index (χ0) is 8.55. The van der Waals surface area contributed by atoms with Gasteiger partial charge in [-0.15, -0.1) is 6.58 Å². The van der Waals surface area contributed by atoms with Gasteiger partial charge in [-0.05, 0) is 0 Å². The van der Waals surface area contributed by atoms with Crippen molar-refractivity contribution in [2.45, 2.75) is 18.3 Å². The highest BCUT2D eigenvalue weighted by Gasteiger charge is 2.46. The van der Waals surface area contributed by atoms with Crippen molar-refractivity contribution in [2.75, 3.05) is 20.3 Å². The third-order valence-electron chi connectivity index (χ3n) is 2.65. The Balaban J connectivity index is 2.05. The predicted octanol–water partition coefficient (Wildman–Crippen LogP) is 0.601. The van der Waals surface area contributed by atoms with Gasteiger partial charge in [0.1, 0.15) is 12.2 Å². The summed E-state index contributed by atoms with van der Waals surface area (Å²) in [6.45, 7) is 5.12. The second-order valence-corrected chi connectivity index (χ2v) is 3.27. The molecule has 2 heterocycles. The van der Waals surface area contributed by atoms with Gasteiger partial charge in [0.2, 0.25) is 0 Å². The first-order valence-electron chi connectivity index (χ1n) is 4.25. The molecule has 2 aliphatic rings. The van der Waals surface area contributed by atoms with Gasteiger partial charge in [0, 0.05) is 13.0 Å². The Morgan fingerprint density at radius 3 is 2.75 bits per heavy atom. The molecule has 2 saturated heterocycles. The zero-order valence-corrected chi connectivity index (χ0v) is 7.23. The molecule has 0 aliphatic carbocycles. The summed E-state index contributed by atoms with van der Waals surface area (Å²) in [5.41, 5.74) is 0. The van der Waals surface area contributed by atoms with Gasteiger partial charge in [0.15, 0.2) is 0 Å². The van der Waals surface area contributed by atoms with Gasteiger partial charge in [-0.3, -0.25) is 0 Å². The Labute approximate surface area is 72.3 Å². The van der Waals surface area contributed by atoms with Crippen molar-refractivity contribution in [1.82, 2.24) is 0 Å². The summed E-state index contributed by atoms with van der Waals surface area (Å²) in [6, 6.07) is 0. The van der Waals surface area contributed by atoms with Crippen LogP contribution in [-0.2, 0) is 14.2 Å². The van der Waals surface area contributed by atoms with Crippen LogP contribution in [0.5, 0.6) is 0 Å². The van der Waals surface area contributed by atoms with Crippen molar-refractivity contribution in [3.8, 4) is 0 Å². The van der Waals surface area contributed by atoms with Crippen LogP contribution in [0.2, 0.25) is 0 Å². The molecule has 0 saturated carbocycles. The average Bonchev–Trinajstić information content (AvgIpc) is 2.62. The van der Waals surface area contributed by atoms with E-state index in [0.717, 1.165) is 6.61 Å². The quantitative estimate of drug-likeness (QED) is 0.568. The molecule has 12 heavy (non-hydrogen) atoms. The van der Waals surface area contributed by atoms with Crippen molar-refractivity contribution in [2.24, 2.45) is 5.92 Å². The van der Waals surface area contributed by atoms with E-state index in [1.807, 2.05) is 6.08 Å². The molecule has 0 bridgehead atoms. The minimum absolute atomic E-state index is 0.111. The first-order chi connectivity index (χ1) is 5.86. The van der Waals surface area contributed by atoms with E-state index in [9.17, 15) is 0 Å². The Kier molecular flexibility index (Phi) is 2.17. The summed E-state index contributed by atoms with van der Waals surface area (Å²) in [5, 5.41) is 0. The summed E-state index contributed by atoms with van der Waals surface area (Å²) >= 11 is 0. The molecule has 0 aromatic rings. The fraction of sp³-hybridized carbons (Fsp3) is 0.778. The fourth-order valence-corrected chi connectivity index (χ4v) is 1.90. The summed E-state index contributed by atoms with van der Waals surface area (Å²) in [7, 11) is 1.70. The predicted molar refractivity (Wildman–Crippen MR) is 44.0 cm³/mol. The Bertz CT molecular complexity index is 181. The normalized spacial score (nSPS) is 46.1. The van der Waals surface area contributed by atoms with E-state index < -0.39 is 0 Å². The molecule has 0 spiro atoms. The lowest BCUT2D eigenvalue weighted by atomic mass is 10.0. The van der Waals surface area contributed by atoms with Crippen molar-refractivity contribution in [3.63, 3.8) is 0 Å². The summed E-state index contributed by atoms with van der Waals surface area (Å²) in [6.07, 6.45) is 2.31. The fourth-order valence-electron chi connectivity index (χ4n) is 1.90. The van der Waals surface area contributed by atoms with Crippen LogP contribution in [0.3, 0.4) is 0 Å². The average molecular weight is 170 g/mol. The topological polar surface area (TPSA) is 27.7 Å². The highest BCUT2D eigenvalue weighted by Crippen LogP contribution is 2.32. The van der Waals surface area contributed by atoms with E-state index in [0.29, 0.717) is 12.5 Å². The largest absolute Gasteiger partial charge is 0.376 e. The van der Waals surface area contributed by atoms with Crippen LogP contribution in [0.4, 0.5) is 0 Å². The third kappa shape index (κ3) is 1.09. The van der Waals surface area contributed by atoms with Gasteiger partial charge in [0.05, 0.1) is 19.3 Å². The first-order valence-corrected chi connectivity index (χ1v) is 4.25. The van der Waals surface area contributed by atoms with Gasteiger partial charge < -0.3 is 14.2 Å². The van der Waals surface area contributed by atoms with Crippen LogP contribution < -0.4 is 0 Å². The van der Waals surface area contributed by atoms with E-state index in [-0.39, 0.29) is 18.3 Å². The van der Waals surface area contributed by atoms with Crippen molar-refractivity contribution < 1.29 is 14.2 Å². The second-order valence-electron chi connectivity index (χ2n) is 3.27. The van der Waals surface area contributed by atoms with Gasteiger partial charge in [-0.1, -0.05) is 6.08 Å². The number of methoxy groups -OCH3 is 1. The molecular weight excluding hydrogens is 156 g/mol. The Morgan fingerprint density at radius 2 is 2.08 bits per heavy atom. The number of fused-ring (bicyclic) bond motifs is 1. The summed E-state index contributed by atoms with van der Waals surface area (Å²) in [5.74, 6) is 0.343. The smallest absolute Gasteiger partial charge is 0.113 e. The molecule has 0 aromatic heterocycles. The van der Waals surface area contributed by atoms with Crippen LogP contribution >= 0.6 is 0 Å². The maximum absolute atomic E-state index is 5.56. The molecule has 0 radical (unpaired) electrons. The molecule has 2 rings (SSSR count). The minimum atomic E-state index is 0.111. The zero-order valence-electron chi connectivity index (χ0n) is 7.23. The number of rotatable bonds is 2. The minimum Gasteiger partial charge on any atom is -0.376 e. The number of hydrogen-bond donors (Lipinski definition) is 0. The lowest BCUT2D eigenvalue weighted by molar-refractivity contribution is -0.00830. The number of hydrogen-bond acceptors (Lipinski definition) is 3. The van der Waals surface area contributed by atoms with Crippen LogP contribution in [0, 0.1) is 5.92 Å². The van der Waals surface area contributed by atoms with Crippen LogP contribution in [0.15, 0.2) is 12.7 Å². The SMILES string of the molecule is C=C[C@H]1COC2C1OC[C@@H]2OC. The van der Waals surface area contributed by atoms with Crippen LogP contribution in [-0.4, -0.2) is 38.6 Å². The van der Waals surface area contributed by atoms with E-state index in [4.69, 9.17) is 14.2 Å². The van der Waals surface area contributed by atoms with Gasteiger partial charge in [-0.25, -0.2) is 0 Å². The van der Waals surface area contributed by atoms with Crippen molar-refractivity contribution in [1.29, 1.82) is 0 Å². The monoisotopic (exact) mass is 170 g/mol. The summed E-state index contributed by atoms with van der Waals surface area (Å²) in [4.78, 5) is 0. The highest BCUT2D eigenvalue weighted by molar-refractivity contribution is 5.00. The first kappa shape index (κ1) is 8.23. The second kappa shape index (κ2) is 3.17. The van der Waals surface area contributed by atoms with E-state index in [1.54, 1.807) is 7.11 Å². The molecule has 3 heteroatoms. The number of ether oxygens (including phenoxy) is 3. The van der Waals surface area contributed by atoms with E-state index in [1.165, 1.54) is 0 Å². The van der Waals surface area contributed by atoms with Crippen molar-refractivity contribution >= 4 is 0 Å². The van der Waals surface area contributed by atoms with Crippen molar-refractivity contribution in [3.05, 3.63) is 12.7 Å². The summed E-state index contributed by atoms with van der Waals surface area (Å²) < 4.78 is 16.4. The maximum Gasteiger partial charge on any atom is 0.113 e. The molecule has 2 unspecified atom stereocenters. The lowest BCUT2D eigenvalue weighted by Gasteiger charge is -2.13. The van der Waals surface area contributed by atoms with Gasteiger partial charge in [0.25, 0.3) is 0 Å². The molecule has 2 fully saturated rings. The van der Waals surface area contributed by atoms with E-state index >= 15 is 0 Å². The molecular formula is C9H14O3. The standard InChI is InChI=1S/C9H14O3/c1-3-6-4-11-9-7(10-2)5-12-8(6)9/h3,6-9H,1,4-5H2,2H3/t6-,7-,8?,9?/m0/s1. The third-order valence-corrected chi connectivity index (χ3v) is 2.65. The molecule has 2 aliphatic heterocycles. The molecule has 0 amide bonds. The Hall–Kier alpha value is -0.380. The molecule has 0 aromatic carbocycles. The molecule has 3 nitrogen and oxygen atoms in total. The lowest BCUT2D eigenvalue weighted by Crippen LogP contribution is -2.30. The van der Waals surface area contributed by atoms with Gasteiger partial charge >= 0.3 is 0 Å². The Morgan fingerprint density at radius 1 is 1.33 bits per heavy atom. The molecule has 4 atom stereocenters. The van der Waals surface area contributed by atoms with Crippen LogP contribution in [0.1, 0.15) is 0 Å². The highest BCUT2D eigenvalue weighted by atomic mass is 16.6. The molecule has 68 valence electrons. The van der Waals surface area contributed by atoms with E-state index in [2.05, 4.69) is 6.58 Å². The maximum atomic E-state index is 5.56.